The molecule has 1 aromatic carbocycles. The van der Waals surface area contributed by atoms with Gasteiger partial charge >= 0.3 is 6.18 Å². The van der Waals surface area contributed by atoms with E-state index >= 15 is 0 Å². The van der Waals surface area contributed by atoms with Crippen LogP contribution in [0.25, 0.3) is 0 Å². The molecule has 0 aliphatic carbocycles. The predicted molar refractivity (Wildman–Crippen MR) is 105 cm³/mol. The fourth-order valence-electron chi connectivity index (χ4n) is 3.06. The standard InChI is InChI=1S/C19H15F3N4O5S/c1-11-17(31-10-24-11)18(27)25-12-2-4-14-15(8-12)32(28,29)26(6-7-30-14)13-3-5-16(23-9-13)19(20,21)22/h2-5,8-10H,6-7H2,1H3,(H,25,27). The number of benzene rings is 1. The molecule has 13 heteroatoms. The molecule has 3 aromatic rings. The molecule has 0 saturated heterocycles. The Morgan fingerprint density at radius 2 is 1.97 bits per heavy atom. The van der Waals surface area contributed by atoms with E-state index in [-0.39, 0.29) is 40.9 Å². The Morgan fingerprint density at radius 1 is 1.19 bits per heavy atom. The second kappa shape index (κ2) is 7.82. The van der Waals surface area contributed by atoms with Crippen molar-refractivity contribution in [2.24, 2.45) is 0 Å². The van der Waals surface area contributed by atoms with E-state index < -0.39 is 27.8 Å². The summed E-state index contributed by atoms with van der Waals surface area (Å²) < 4.78 is 76.4. The first-order valence-electron chi connectivity index (χ1n) is 9.11. The fourth-order valence-corrected chi connectivity index (χ4v) is 4.66. The van der Waals surface area contributed by atoms with Gasteiger partial charge in [-0.15, -0.1) is 0 Å². The van der Waals surface area contributed by atoms with Crippen molar-refractivity contribution in [1.29, 1.82) is 0 Å². The van der Waals surface area contributed by atoms with Crippen molar-refractivity contribution in [3.63, 3.8) is 0 Å². The summed E-state index contributed by atoms with van der Waals surface area (Å²) in [5.41, 5.74) is -0.697. The van der Waals surface area contributed by atoms with Gasteiger partial charge in [-0.05, 0) is 37.3 Å². The van der Waals surface area contributed by atoms with Gasteiger partial charge in [0.1, 0.15) is 22.9 Å². The Balaban J connectivity index is 1.67. The zero-order chi connectivity index (χ0) is 23.1. The fraction of sp³-hybridized carbons (Fsp3) is 0.211. The molecule has 0 atom stereocenters. The van der Waals surface area contributed by atoms with Crippen molar-refractivity contribution in [3.8, 4) is 5.75 Å². The molecule has 0 radical (unpaired) electrons. The number of rotatable bonds is 3. The van der Waals surface area contributed by atoms with Gasteiger partial charge in [-0.2, -0.15) is 13.2 Å². The molecule has 0 unspecified atom stereocenters. The lowest BCUT2D eigenvalue weighted by Gasteiger charge is -2.22. The van der Waals surface area contributed by atoms with Gasteiger partial charge in [0.25, 0.3) is 15.9 Å². The average molecular weight is 468 g/mol. The quantitative estimate of drug-likeness (QED) is 0.628. The van der Waals surface area contributed by atoms with Gasteiger partial charge in [0.05, 0.1) is 24.1 Å². The van der Waals surface area contributed by atoms with Gasteiger partial charge < -0.3 is 14.5 Å². The summed E-state index contributed by atoms with van der Waals surface area (Å²) in [6.45, 7) is 1.38. The Morgan fingerprint density at radius 3 is 2.59 bits per heavy atom. The van der Waals surface area contributed by atoms with Crippen molar-refractivity contribution < 1.29 is 35.5 Å². The summed E-state index contributed by atoms with van der Waals surface area (Å²) in [5.74, 6) is -0.617. The molecular formula is C19H15F3N4O5S. The molecule has 9 nitrogen and oxygen atoms in total. The number of anilines is 2. The smallest absolute Gasteiger partial charge is 0.433 e. The number of halogens is 3. The molecule has 32 heavy (non-hydrogen) atoms. The van der Waals surface area contributed by atoms with Gasteiger partial charge in [0.2, 0.25) is 5.76 Å². The van der Waals surface area contributed by atoms with Crippen molar-refractivity contribution in [2.45, 2.75) is 18.0 Å². The first-order valence-corrected chi connectivity index (χ1v) is 10.6. The van der Waals surface area contributed by atoms with E-state index in [2.05, 4.69) is 15.3 Å². The van der Waals surface area contributed by atoms with Crippen molar-refractivity contribution in [3.05, 3.63) is 60.1 Å². The monoisotopic (exact) mass is 468 g/mol. The van der Waals surface area contributed by atoms with E-state index in [1.807, 2.05) is 0 Å². The van der Waals surface area contributed by atoms with Crippen LogP contribution < -0.4 is 14.4 Å². The first-order chi connectivity index (χ1) is 15.1. The van der Waals surface area contributed by atoms with Crippen molar-refractivity contribution in [2.75, 3.05) is 22.8 Å². The number of aromatic nitrogens is 2. The Bertz CT molecular complexity index is 1270. The van der Waals surface area contributed by atoms with Gasteiger partial charge in [-0.1, -0.05) is 0 Å². The number of ether oxygens (including phenoxy) is 1. The van der Waals surface area contributed by atoms with Gasteiger partial charge in [0.15, 0.2) is 6.39 Å². The molecule has 0 saturated carbocycles. The maximum absolute atomic E-state index is 13.3. The first kappa shape index (κ1) is 21.6. The molecule has 1 amide bonds. The van der Waals surface area contributed by atoms with Crippen LogP contribution in [0.4, 0.5) is 24.5 Å². The van der Waals surface area contributed by atoms with Gasteiger partial charge in [0, 0.05) is 5.69 Å². The summed E-state index contributed by atoms with van der Waals surface area (Å²) in [7, 11) is -4.24. The normalized spacial score (nSPS) is 15.4. The highest BCUT2D eigenvalue weighted by molar-refractivity contribution is 7.93. The second-order valence-corrected chi connectivity index (χ2v) is 8.54. The number of carbonyl (C=O) groups excluding carboxylic acids is 1. The number of carbonyl (C=O) groups is 1. The average Bonchev–Trinajstić information content (AvgIpc) is 3.12. The van der Waals surface area contributed by atoms with Crippen LogP contribution in [-0.2, 0) is 16.2 Å². The lowest BCUT2D eigenvalue weighted by atomic mass is 10.2. The van der Waals surface area contributed by atoms with Crippen LogP contribution in [-0.4, -0.2) is 37.4 Å². The third kappa shape index (κ3) is 3.98. The van der Waals surface area contributed by atoms with Gasteiger partial charge in [-0.25, -0.2) is 18.4 Å². The molecule has 1 N–H and O–H groups in total. The van der Waals surface area contributed by atoms with Crippen LogP contribution in [0.2, 0.25) is 0 Å². The number of amides is 1. The van der Waals surface area contributed by atoms with Crippen LogP contribution in [0.5, 0.6) is 5.75 Å². The SMILES string of the molecule is Cc1ncoc1C(=O)Nc1ccc2c(c1)S(=O)(=O)N(c1ccc(C(F)(F)F)nc1)CCO2. The number of nitrogens with one attached hydrogen (secondary N) is 1. The van der Waals surface area contributed by atoms with Crippen LogP contribution in [0.3, 0.4) is 0 Å². The van der Waals surface area contributed by atoms with Gasteiger partial charge in [-0.3, -0.25) is 9.10 Å². The minimum absolute atomic E-state index is 0.0310. The second-order valence-electron chi connectivity index (χ2n) is 6.71. The molecule has 1 aliphatic heterocycles. The van der Waals surface area contributed by atoms with Crippen LogP contribution >= 0.6 is 0 Å². The number of nitrogens with zero attached hydrogens (tertiary/aromatic N) is 3. The number of sulfonamides is 1. The molecule has 4 rings (SSSR count). The number of hydrogen-bond acceptors (Lipinski definition) is 7. The highest BCUT2D eigenvalue weighted by Gasteiger charge is 2.35. The lowest BCUT2D eigenvalue weighted by molar-refractivity contribution is -0.141. The molecule has 168 valence electrons. The van der Waals surface area contributed by atoms with Crippen molar-refractivity contribution in [1.82, 2.24) is 9.97 Å². The van der Waals surface area contributed by atoms with E-state index in [1.165, 1.54) is 18.2 Å². The molecule has 0 bridgehead atoms. The Labute approximate surface area is 179 Å². The van der Waals surface area contributed by atoms with Crippen LogP contribution in [0.1, 0.15) is 21.9 Å². The molecule has 1 aliphatic rings. The summed E-state index contributed by atoms with van der Waals surface area (Å²) >= 11 is 0. The summed E-state index contributed by atoms with van der Waals surface area (Å²) in [6.07, 6.45) is -2.71. The zero-order valence-corrected chi connectivity index (χ0v) is 17.2. The maximum atomic E-state index is 13.3. The summed E-state index contributed by atoms with van der Waals surface area (Å²) in [6, 6.07) is 5.76. The molecule has 2 aromatic heterocycles. The van der Waals surface area contributed by atoms with E-state index in [4.69, 9.17) is 9.15 Å². The minimum atomic E-state index is -4.65. The highest BCUT2D eigenvalue weighted by Crippen LogP contribution is 2.35. The number of aryl methyl sites for hydroxylation is 1. The lowest BCUT2D eigenvalue weighted by Crippen LogP contribution is -2.32. The largest absolute Gasteiger partial charge is 0.490 e. The number of pyridine rings is 1. The zero-order valence-electron chi connectivity index (χ0n) is 16.4. The third-order valence-electron chi connectivity index (χ3n) is 4.60. The number of hydrogen-bond donors (Lipinski definition) is 1. The number of oxazole rings is 1. The Kier molecular flexibility index (Phi) is 5.28. The van der Waals surface area contributed by atoms with Crippen molar-refractivity contribution >= 4 is 27.3 Å². The third-order valence-corrected chi connectivity index (χ3v) is 6.45. The summed E-state index contributed by atoms with van der Waals surface area (Å²) in [4.78, 5) is 19.2. The Hall–Kier alpha value is -3.61. The topological polar surface area (TPSA) is 115 Å². The minimum Gasteiger partial charge on any atom is -0.490 e. The molecule has 0 spiro atoms. The van der Waals surface area contributed by atoms with E-state index in [0.717, 1.165) is 23.0 Å². The maximum Gasteiger partial charge on any atom is 0.433 e. The summed E-state index contributed by atoms with van der Waals surface area (Å²) in [5, 5.41) is 2.52. The molecule has 3 heterocycles. The number of fused-ring (bicyclic) bond motifs is 1. The van der Waals surface area contributed by atoms with E-state index in [1.54, 1.807) is 6.92 Å². The highest BCUT2D eigenvalue weighted by atomic mass is 32.2. The predicted octanol–water partition coefficient (Wildman–Crippen LogP) is 3.24. The van der Waals surface area contributed by atoms with E-state index in [9.17, 15) is 26.4 Å². The molecular weight excluding hydrogens is 453 g/mol. The van der Waals surface area contributed by atoms with E-state index in [0.29, 0.717) is 11.8 Å². The van der Waals surface area contributed by atoms with Crippen LogP contribution in [0, 0.1) is 6.92 Å². The van der Waals surface area contributed by atoms with Crippen LogP contribution in [0.15, 0.2) is 52.2 Å². The molecule has 0 fully saturated rings. The number of alkyl halides is 3.